The zero-order valence-corrected chi connectivity index (χ0v) is 16.7. The second-order valence-electron chi connectivity index (χ2n) is 6.64. The molecule has 0 aliphatic carbocycles. The van der Waals surface area contributed by atoms with E-state index in [2.05, 4.69) is 5.32 Å². The quantitative estimate of drug-likeness (QED) is 0.548. The standard InChI is InChI=1S/C22H22ClNO5/c1-2-6-15-9-22(27)29-19-11-20(17(23)10-16(15)19)28-13-21(26)24-12-18(25)14-7-4-3-5-8-14/h3-5,7-11,18,25H,2,6,12-13H2,1H3,(H,24,26)/t18-/m1/s1. The van der Waals surface area contributed by atoms with Gasteiger partial charge >= 0.3 is 5.63 Å². The number of halogens is 1. The van der Waals surface area contributed by atoms with E-state index >= 15 is 0 Å². The lowest BCUT2D eigenvalue weighted by molar-refractivity contribution is -0.123. The smallest absolute Gasteiger partial charge is 0.336 e. The average molecular weight is 416 g/mol. The van der Waals surface area contributed by atoms with E-state index in [0.717, 1.165) is 23.8 Å². The Labute approximate surface area is 173 Å². The van der Waals surface area contributed by atoms with Crippen LogP contribution >= 0.6 is 11.6 Å². The highest BCUT2D eigenvalue weighted by atomic mass is 35.5. The summed E-state index contributed by atoms with van der Waals surface area (Å²) < 4.78 is 10.7. The number of aryl methyl sites for hydroxylation is 1. The lowest BCUT2D eigenvalue weighted by Crippen LogP contribution is -2.32. The third-order valence-electron chi connectivity index (χ3n) is 4.44. The first kappa shape index (κ1) is 20.9. The van der Waals surface area contributed by atoms with Crippen molar-refractivity contribution in [1.29, 1.82) is 0 Å². The summed E-state index contributed by atoms with van der Waals surface area (Å²) in [6.07, 6.45) is 0.796. The number of hydrogen-bond acceptors (Lipinski definition) is 5. The van der Waals surface area contributed by atoms with E-state index in [-0.39, 0.29) is 18.9 Å². The van der Waals surface area contributed by atoms with Crippen molar-refractivity contribution in [2.24, 2.45) is 0 Å². The molecule has 0 unspecified atom stereocenters. The van der Waals surface area contributed by atoms with Crippen LogP contribution in [0.3, 0.4) is 0 Å². The van der Waals surface area contributed by atoms with Gasteiger partial charge in [0.15, 0.2) is 6.61 Å². The fourth-order valence-electron chi connectivity index (χ4n) is 3.01. The van der Waals surface area contributed by atoms with Gasteiger partial charge in [0.25, 0.3) is 5.91 Å². The van der Waals surface area contributed by atoms with Gasteiger partial charge in [0, 0.05) is 24.1 Å². The fourth-order valence-corrected chi connectivity index (χ4v) is 3.23. The zero-order chi connectivity index (χ0) is 20.8. The largest absolute Gasteiger partial charge is 0.482 e. The number of fused-ring (bicyclic) bond motifs is 1. The van der Waals surface area contributed by atoms with Gasteiger partial charge < -0.3 is 19.6 Å². The third kappa shape index (κ3) is 5.37. The summed E-state index contributed by atoms with van der Waals surface area (Å²) in [7, 11) is 0. The Morgan fingerprint density at radius 3 is 2.72 bits per heavy atom. The van der Waals surface area contributed by atoms with Crippen LogP contribution in [0, 0.1) is 0 Å². The minimum atomic E-state index is -0.810. The second-order valence-corrected chi connectivity index (χ2v) is 7.05. The molecule has 2 aromatic carbocycles. The summed E-state index contributed by atoms with van der Waals surface area (Å²) >= 11 is 6.29. The Morgan fingerprint density at radius 2 is 2.00 bits per heavy atom. The highest BCUT2D eigenvalue weighted by Crippen LogP contribution is 2.31. The number of aliphatic hydroxyl groups excluding tert-OH is 1. The summed E-state index contributed by atoms with van der Waals surface area (Å²) in [5.41, 5.74) is 1.49. The Morgan fingerprint density at radius 1 is 1.24 bits per heavy atom. The number of aliphatic hydroxyl groups is 1. The van der Waals surface area contributed by atoms with Crippen molar-refractivity contribution < 1.29 is 19.1 Å². The van der Waals surface area contributed by atoms with Gasteiger partial charge in [0.2, 0.25) is 0 Å². The van der Waals surface area contributed by atoms with Crippen LogP contribution < -0.4 is 15.7 Å². The lowest BCUT2D eigenvalue weighted by Gasteiger charge is -2.13. The number of amides is 1. The minimum absolute atomic E-state index is 0.0624. The van der Waals surface area contributed by atoms with Crippen LogP contribution in [0.15, 0.2) is 57.7 Å². The van der Waals surface area contributed by atoms with Gasteiger partial charge in [-0.15, -0.1) is 0 Å². The van der Waals surface area contributed by atoms with Crippen molar-refractivity contribution in [2.45, 2.75) is 25.9 Å². The van der Waals surface area contributed by atoms with E-state index in [9.17, 15) is 14.7 Å². The molecule has 1 aromatic heterocycles. The molecule has 152 valence electrons. The molecule has 1 heterocycles. The van der Waals surface area contributed by atoms with E-state index < -0.39 is 17.6 Å². The Bertz CT molecular complexity index is 1050. The maximum absolute atomic E-state index is 12.1. The summed E-state index contributed by atoms with van der Waals surface area (Å²) in [5, 5.41) is 13.8. The number of carbonyl (C=O) groups is 1. The number of benzene rings is 2. The maximum atomic E-state index is 12.1. The van der Waals surface area contributed by atoms with Gasteiger partial charge in [-0.2, -0.15) is 0 Å². The molecule has 2 N–H and O–H groups in total. The van der Waals surface area contributed by atoms with Crippen LogP contribution in [0.1, 0.15) is 30.6 Å². The molecule has 0 bridgehead atoms. The highest BCUT2D eigenvalue weighted by molar-refractivity contribution is 6.32. The van der Waals surface area contributed by atoms with Crippen LogP contribution in [-0.4, -0.2) is 24.2 Å². The Hall–Kier alpha value is -2.83. The number of carbonyl (C=O) groups excluding carboxylic acids is 1. The van der Waals surface area contributed by atoms with Crippen molar-refractivity contribution in [3.8, 4) is 5.75 Å². The number of ether oxygens (including phenoxy) is 1. The number of rotatable bonds is 8. The van der Waals surface area contributed by atoms with E-state index in [4.69, 9.17) is 20.8 Å². The third-order valence-corrected chi connectivity index (χ3v) is 4.73. The molecule has 0 aliphatic heterocycles. The summed E-state index contributed by atoms with van der Waals surface area (Å²) in [4.78, 5) is 23.8. The van der Waals surface area contributed by atoms with E-state index in [1.54, 1.807) is 18.2 Å². The maximum Gasteiger partial charge on any atom is 0.336 e. The first-order valence-corrected chi connectivity index (χ1v) is 9.74. The molecule has 1 amide bonds. The van der Waals surface area contributed by atoms with Crippen LogP contribution in [0.25, 0.3) is 11.0 Å². The molecular weight excluding hydrogens is 394 g/mol. The van der Waals surface area contributed by atoms with Gasteiger partial charge in [-0.25, -0.2) is 4.79 Å². The first-order valence-electron chi connectivity index (χ1n) is 9.36. The highest BCUT2D eigenvalue weighted by Gasteiger charge is 2.13. The molecule has 0 fully saturated rings. The SMILES string of the molecule is CCCc1cc(=O)oc2cc(OCC(=O)NC[C@@H](O)c3ccccc3)c(Cl)cc12. The van der Waals surface area contributed by atoms with Gasteiger partial charge in [-0.05, 0) is 23.6 Å². The predicted molar refractivity (Wildman–Crippen MR) is 111 cm³/mol. The lowest BCUT2D eigenvalue weighted by atomic mass is 10.1. The average Bonchev–Trinajstić information content (AvgIpc) is 2.72. The molecule has 29 heavy (non-hydrogen) atoms. The summed E-state index contributed by atoms with van der Waals surface area (Å²) in [6, 6.07) is 13.7. The van der Waals surface area contributed by atoms with Crippen molar-refractivity contribution in [3.05, 3.63) is 75.1 Å². The van der Waals surface area contributed by atoms with Crippen molar-refractivity contribution in [3.63, 3.8) is 0 Å². The Balaban J connectivity index is 1.64. The molecule has 0 saturated carbocycles. The van der Waals surface area contributed by atoms with Crippen molar-refractivity contribution >= 4 is 28.5 Å². The molecule has 7 heteroatoms. The normalized spacial score (nSPS) is 12.0. The minimum Gasteiger partial charge on any atom is -0.482 e. The fraction of sp³-hybridized carbons (Fsp3) is 0.273. The monoisotopic (exact) mass is 415 g/mol. The Kier molecular flexibility index (Phi) is 6.90. The van der Waals surface area contributed by atoms with Gasteiger partial charge in [-0.3, -0.25) is 4.79 Å². The van der Waals surface area contributed by atoms with Crippen LogP contribution in [-0.2, 0) is 11.2 Å². The molecule has 6 nitrogen and oxygen atoms in total. The van der Waals surface area contributed by atoms with Crippen LogP contribution in [0.4, 0.5) is 0 Å². The van der Waals surface area contributed by atoms with Gasteiger partial charge in [0.1, 0.15) is 11.3 Å². The second kappa shape index (κ2) is 9.58. The first-order chi connectivity index (χ1) is 14.0. The van der Waals surface area contributed by atoms with Crippen molar-refractivity contribution in [1.82, 2.24) is 5.32 Å². The van der Waals surface area contributed by atoms with Crippen molar-refractivity contribution in [2.75, 3.05) is 13.2 Å². The van der Waals surface area contributed by atoms with E-state index in [1.165, 1.54) is 12.1 Å². The van der Waals surface area contributed by atoms with Gasteiger partial charge in [-0.1, -0.05) is 55.3 Å². The van der Waals surface area contributed by atoms with E-state index in [0.29, 0.717) is 16.2 Å². The summed E-state index contributed by atoms with van der Waals surface area (Å²) in [6.45, 7) is 1.80. The topological polar surface area (TPSA) is 88.8 Å². The summed E-state index contributed by atoms with van der Waals surface area (Å²) in [5.74, 6) is -0.160. The number of nitrogens with one attached hydrogen (secondary N) is 1. The van der Waals surface area contributed by atoms with Crippen LogP contribution in [0.5, 0.6) is 5.75 Å². The molecule has 0 spiro atoms. The number of hydrogen-bond donors (Lipinski definition) is 2. The molecule has 1 atom stereocenters. The molecule has 3 rings (SSSR count). The zero-order valence-electron chi connectivity index (χ0n) is 16.0. The molecule has 3 aromatic rings. The molecule has 0 aliphatic rings. The molecule has 0 saturated heterocycles. The molecule has 0 radical (unpaired) electrons. The predicted octanol–water partition coefficient (Wildman–Crippen LogP) is 3.63. The van der Waals surface area contributed by atoms with Crippen LogP contribution in [0.2, 0.25) is 5.02 Å². The van der Waals surface area contributed by atoms with Gasteiger partial charge in [0.05, 0.1) is 11.1 Å². The van der Waals surface area contributed by atoms with E-state index in [1.807, 2.05) is 25.1 Å². The molecular formula is C22H22ClNO5.